The average molecular weight is 237 g/mol. The Morgan fingerprint density at radius 1 is 1.44 bits per heavy atom. The smallest absolute Gasteiger partial charge is 0.0829 e. The van der Waals surface area contributed by atoms with Crippen molar-refractivity contribution in [1.29, 1.82) is 0 Å². The van der Waals surface area contributed by atoms with Crippen molar-refractivity contribution in [2.24, 2.45) is 5.73 Å². The van der Waals surface area contributed by atoms with Crippen LogP contribution in [0, 0.1) is 6.92 Å². The van der Waals surface area contributed by atoms with Crippen molar-refractivity contribution >= 4 is 11.6 Å². The molecule has 2 aromatic rings. The summed E-state index contributed by atoms with van der Waals surface area (Å²) in [6.45, 7) is 3.76. The summed E-state index contributed by atoms with van der Waals surface area (Å²) >= 11 is 5.94. The Balaban J connectivity index is 2.34. The number of aryl methyl sites for hydroxylation is 1. The molecule has 2 rings (SSSR count). The summed E-state index contributed by atoms with van der Waals surface area (Å²) in [5, 5.41) is 4.92. The first-order chi connectivity index (χ1) is 7.58. The Bertz CT molecular complexity index is 468. The van der Waals surface area contributed by atoms with Crippen molar-refractivity contribution in [3.05, 3.63) is 40.9 Å². The van der Waals surface area contributed by atoms with E-state index in [1.165, 1.54) is 0 Å². The largest absolute Gasteiger partial charge is 0.323 e. The predicted molar refractivity (Wildman–Crippen MR) is 63.7 cm³/mol. The van der Waals surface area contributed by atoms with Crippen LogP contribution in [0.1, 0.15) is 24.4 Å². The third-order valence-corrected chi connectivity index (χ3v) is 2.71. The lowest BCUT2D eigenvalue weighted by molar-refractivity contribution is 0.774. The van der Waals surface area contributed by atoms with Gasteiger partial charge in [-0.25, -0.2) is 4.68 Å². The van der Waals surface area contributed by atoms with E-state index in [-0.39, 0.29) is 6.04 Å². The SMILES string of the molecule is Cc1nn(-c2ccc(C(C)N)nc2)cc1Cl. The fourth-order valence-corrected chi connectivity index (χ4v) is 1.50. The molecule has 2 heterocycles. The second-order valence-corrected chi connectivity index (χ2v) is 4.14. The van der Waals surface area contributed by atoms with Crippen LogP contribution < -0.4 is 5.73 Å². The van der Waals surface area contributed by atoms with Gasteiger partial charge in [-0.15, -0.1) is 0 Å². The fourth-order valence-electron chi connectivity index (χ4n) is 1.37. The third kappa shape index (κ3) is 2.08. The molecule has 0 radical (unpaired) electrons. The minimum absolute atomic E-state index is 0.0583. The average Bonchev–Trinajstić information content (AvgIpc) is 2.59. The molecular weight excluding hydrogens is 224 g/mol. The number of nitrogens with two attached hydrogens (primary N) is 1. The molecule has 5 heteroatoms. The highest BCUT2D eigenvalue weighted by Crippen LogP contribution is 2.16. The van der Waals surface area contributed by atoms with Crippen molar-refractivity contribution in [3.63, 3.8) is 0 Å². The van der Waals surface area contributed by atoms with Gasteiger partial charge in [0.05, 0.1) is 28.3 Å². The van der Waals surface area contributed by atoms with E-state index in [1.54, 1.807) is 17.1 Å². The normalized spacial score (nSPS) is 12.8. The molecule has 0 aliphatic heterocycles. The van der Waals surface area contributed by atoms with Crippen LogP contribution in [0.5, 0.6) is 0 Å². The summed E-state index contributed by atoms with van der Waals surface area (Å²) in [6, 6.07) is 3.76. The van der Waals surface area contributed by atoms with Crippen molar-refractivity contribution < 1.29 is 0 Å². The Hall–Kier alpha value is -1.39. The monoisotopic (exact) mass is 236 g/mol. The van der Waals surface area contributed by atoms with Gasteiger partial charge < -0.3 is 5.73 Å². The van der Waals surface area contributed by atoms with E-state index < -0.39 is 0 Å². The Kier molecular flexibility index (Phi) is 2.94. The lowest BCUT2D eigenvalue weighted by Gasteiger charge is -2.05. The van der Waals surface area contributed by atoms with Crippen molar-refractivity contribution in [2.45, 2.75) is 19.9 Å². The highest BCUT2D eigenvalue weighted by molar-refractivity contribution is 6.31. The second kappa shape index (κ2) is 4.23. The van der Waals surface area contributed by atoms with Crippen LogP contribution >= 0.6 is 11.6 Å². The van der Waals surface area contributed by atoms with Gasteiger partial charge in [0.1, 0.15) is 0 Å². The number of aromatic nitrogens is 3. The van der Waals surface area contributed by atoms with Crippen LogP contribution in [0.4, 0.5) is 0 Å². The Morgan fingerprint density at radius 3 is 2.62 bits per heavy atom. The number of hydrogen-bond donors (Lipinski definition) is 1. The summed E-state index contributed by atoms with van der Waals surface area (Å²) < 4.78 is 1.70. The number of rotatable bonds is 2. The van der Waals surface area contributed by atoms with Crippen LogP contribution in [-0.2, 0) is 0 Å². The number of halogens is 1. The molecule has 0 aliphatic rings. The topological polar surface area (TPSA) is 56.7 Å². The van der Waals surface area contributed by atoms with Gasteiger partial charge in [0, 0.05) is 12.2 Å². The van der Waals surface area contributed by atoms with Gasteiger partial charge in [-0.05, 0) is 26.0 Å². The van der Waals surface area contributed by atoms with Gasteiger partial charge >= 0.3 is 0 Å². The molecule has 0 saturated carbocycles. The van der Waals surface area contributed by atoms with Gasteiger partial charge in [0.15, 0.2) is 0 Å². The molecule has 0 amide bonds. The van der Waals surface area contributed by atoms with Gasteiger partial charge in [-0.2, -0.15) is 5.10 Å². The highest BCUT2D eigenvalue weighted by atomic mass is 35.5. The highest BCUT2D eigenvalue weighted by Gasteiger charge is 2.05. The first-order valence-electron chi connectivity index (χ1n) is 5.01. The van der Waals surface area contributed by atoms with Crippen LogP contribution in [0.3, 0.4) is 0 Å². The minimum atomic E-state index is -0.0583. The first-order valence-corrected chi connectivity index (χ1v) is 5.39. The van der Waals surface area contributed by atoms with Crippen molar-refractivity contribution in [2.75, 3.05) is 0 Å². The van der Waals surface area contributed by atoms with Crippen LogP contribution in [-0.4, -0.2) is 14.8 Å². The van der Waals surface area contributed by atoms with Crippen molar-refractivity contribution in [1.82, 2.24) is 14.8 Å². The van der Waals surface area contributed by atoms with Crippen LogP contribution in [0.15, 0.2) is 24.5 Å². The van der Waals surface area contributed by atoms with E-state index in [9.17, 15) is 0 Å². The zero-order valence-electron chi connectivity index (χ0n) is 9.18. The molecule has 0 spiro atoms. The number of nitrogens with zero attached hydrogens (tertiary/aromatic N) is 3. The van der Waals surface area contributed by atoms with E-state index in [4.69, 9.17) is 17.3 Å². The zero-order valence-corrected chi connectivity index (χ0v) is 9.94. The van der Waals surface area contributed by atoms with E-state index in [0.29, 0.717) is 5.02 Å². The summed E-state index contributed by atoms with van der Waals surface area (Å²) in [5.74, 6) is 0. The standard InChI is InChI=1S/C11H13ClN4/c1-7(13)11-4-3-9(5-14-11)16-6-10(12)8(2)15-16/h3-7H,13H2,1-2H3. The molecule has 0 aliphatic carbocycles. The summed E-state index contributed by atoms with van der Waals surface area (Å²) in [5.41, 5.74) is 8.26. The maximum atomic E-state index is 5.94. The van der Waals surface area contributed by atoms with Gasteiger partial charge in [-0.1, -0.05) is 11.6 Å². The number of pyridine rings is 1. The van der Waals surface area contributed by atoms with Gasteiger partial charge in [0.2, 0.25) is 0 Å². The van der Waals surface area contributed by atoms with Crippen LogP contribution in [0.25, 0.3) is 5.69 Å². The zero-order chi connectivity index (χ0) is 11.7. The second-order valence-electron chi connectivity index (χ2n) is 3.74. The molecule has 4 nitrogen and oxygen atoms in total. The first kappa shape index (κ1) is 11.1. The molecule has 0 bridgehead atoms. The molecule has 0 aromatic carbocycles. The molecule has 1 unspecified atom stereocenters. The Morgan fingerprint density at radius 2 is 2.19 bits per heavy atom. The molecule has 84 valence electrons. The van der Waals surface area contributed by atoms with Crippen LogP contribution in [0.2, 0.25) is 5.02 Å². The van der Waals surface area contributed by atoms with Gasteiger partial charge in [0.25, 0.3) is 0 Å². The minimum Gasteiger partial charge on any atom is -0.323 e. The number of hydrogen-bond acceptors (Lipinski definition) is 3. The summed E-state index contributed by atoms with van der Waals surface area (Å²) in [6.07, 6.45) is 3.50. The third-order valence-electron chi connectivity index (χ3n) is 2.34. The van der Waals surface area contributed by atoms with Gasteiger partial charge in [-0.3, -0.25) is 4.98 Å². The fraction of sp³-hybridized carbons (Fsp3) is 0.273. The van der Waals surface area contributed by atoms with E-state index in [0.717, 1.165) is 17.1 Å². The lowest BCUT2D eigenvalue weighted by atomic mass is 10.2. The molecular formula is C11H13ClN4. The molecule has 0 saturated heterocycles. The molecule has 2 aromatic heterocycles. The maximum absolute atomic E-state index is 5.94. The summed E-state index contributed by atoms with van der Waals surface area (Å²) in [4.78, 5) is 4.26. The molecule has 2 N–H and O–H groups in total. The van der Waals surface area contributed by atoms with Crippen molar-refractivity contribution in [3.8, 4) is 5.69 Å². The maximum Gasteiger partial charge on any atom is 0.0829 e. The Labute approximate surface area is 99.1 Å². The quantitative estimate of drug-likeness (QED) is 0.870. The predicted octanol–water partition coefficient (Wildman–Crippen LogP) is 2.25. The lowest BCUT2D eigenvalue weighted by Crippen LogP contribution is -2.07. The molecule has 0 fully saturated rings. The molecule has 1 atom stereocenters. The molecule has 16 heavy (non-hydrogen) atoms. The van der Waals surface area contributed by atoms with E-state index in [1.807, 2.05) is 26.0 Å². The summed E-state index contributed by atoms with van der Waals surface area (Å²) in [7, 11) is 0. The van der Waals surface area contributed by atoms with E-state index >= 15 is 0 Å². The van der Waals surface area contributed by atoms with E-state index in [2.05, 4.69) is 10.1 Å².